The van der Waals surface area contributed by atoms with Crippen molar-refractivity contribution in [2.24, 2.45) is 5.92 Å². The van der Waals surface area contributed by atoms with Crippen molar-refractivity contribution in [2.75, 3.05) is 13.1 Å². The highest BCUT2D eigenvalue weighted by Crippen LogP contribution is 2.25. The van der Waals surface area contributed by atoms with E-state index in [1.54, 1.807) is 11.3 Å². The molecule has 0 spiro atoms. The van der Waals surface area contributed by atoms with Gasteiger partial charge in [-0.05, 0) is 49.4 Å². The lowest BCUT2D eigenvalue weighted by Crippen LogP contribution is -2.26. The summed E-state index contributed by atoms with van der Waals surface area (Å²) in [5.41, 5.74) is 0. The minimum absolute atomic E-state index is 0.731. The fourth-order valence-electron chi connectivity index (χ4n) is 1.68. The van der Waals surface area contributed by atoms with Crippen molar-refractivity contribution in [1.82, 2.24) is 5.32 Å². The predicted octanol–water partition coefficient (Wildman–Crippen LogP) is 3.41. The van der Waals surface area contributed by atoms with Crippen LogP contribution in [0.1, 0.15) is 17.7 Å². The smallest absolute Gasteiger partial charge is 0.0586 e. The Balaban J connectivity index is 1.95. The molecule has 1 N–H and O–H groups in total. The molecule has 0 aliphatic carbocycles. The fraction of sp³-hybridized carbons (Fsp3) is 0.455. The molecule has 1 fully saturated rings. The van der Waals surface area contributed by atoms with Gasteiger partial charge in [0.15, 0.2) is 0 Å². The lowest BCUT2D eigenvalue weighted by molar-refractivity contribution is 0.438. The fourth-order valence-corrected chi connectivity index (χ4v) is 2.71. The number of hydrogen-bond acceptors (Lipinski definition) is 2. The van der Waals surface area contributed by atoms with Gasteiger partial charge in [0.2, 0.25) is 0 Å². The van der Waals surface area contributed by atoms with Crippen molar-refractivity contribution < 1.29 is 0 Å². The third kappa shape index (κ3) is 2.59. The SMILES string of the molecule is Clc1ccsc1/C=C/C1CCNCC1. The normalized spacial score (nSPS) is 19.2. The van der Waals surface area contributed by atoms with Gasteiger partial charge in [-0.15, -0.1) is 11.3 Å². The quantitative estimate of drug-likeness (QED) is 0.817. The van der Waals surface area contributed by atoms with Crippen LogP contribution in [-0.2, 0) is 0 Å². The number of piperidine rings is 1. The molecule has 2 heterocycles. The monoisotopic (exact) mass is 227 g/mol. The van der Waals surface area contributed by atoms with E-state index in [-0.39, 0.29) is 0 Å². The van der Waals surface area contributed by atoms with Gasteiger partial charge in [0, 0.05) is 4.88 Å². The van der Waals surface area contributed by atoms with E-state index < -0.39 is 0 Å². The highest BCUT2D eigenvalue weighted by Gasteiger charge is 2.09. The molecule has 1 aromatic heterocycles. The molecule has 2 rings (SSSR count). The van der Waals surface area contributed by atoms with E-state index in [0.29, 0.717) is 0 Å². The van der Waals surface area contributed by atoms with Crippen LogP contribution in [0, 0.1) is 5.92 Å². The molecule has 1 aromatic rings. The first-order valence-electron chi connectivity index (χ1n) is 4.98. The Morgan fingerprint density at radius 3 is 2.86 bits per heavy atom. The first kappa shape index (κ1) is 10.2. The van der Waals surface area contributed by atoms with Crippen LogP contribution in [0.25, 0.3) is 6.08 Å². The molecule has 0 unspecified atom stereocenters. The molecule has 1 nitrogen and oxygen atoms in total. The third-order valence-corrected chi connectivity index (χ3v) is 3.87. The molecule has 0 saturated carbocycles. The molecule has 0 aromatic carbocycles. The minimum Gasteiger partial charge on any atom is -0.317 e. The van der Waals surface area contributed by atoms with Crippen molar-refractivity contribution in [3.8, 4) is 0 Å². The molecular formula is C11H14ClNS. The van der Waals surface area contributed by atoms with Gasteiger partial charge in [-0.25, -0.2) is 0 Å². The van der Waals surface area contributed by atoms with E-state index >= 15 is 0 Å². The minimum atomic E-state index is 0.731. The molecule has 0 radical (unpaired) electrons. The first-order chi connectivity index (χ1) is 6.86. The molecule has 1 aliphatic rings. The molecule has 1 saturated heterocycles. The summed E-state index contributed by atoms with van der Waals surface area (Å²) in [7, 11) is 0. The second kappa shape index (κ2) is 4.96. The lowest BCUT2D eigenvalue weighted by Gasteiger charge is -2.18. The number of rotatable bonds is 2. The largest absolute Gasteiger partial charge is 0.317 e. The van der Waals surface area contributed by atoms with Gasteiger partial charge in [-0.2, -0.15) is 0 Å². The van der Waals surface area contributed by atoms with Crippen molar-refractivity contribution >= 4 is 29.0 Å². The van der Waals surface area contributed by atoms with Gasteiger partial charge in [0.1, 0.15) is 0 Å². The highest BCUT2D eigenvalue weighted by molar-refractivity contribution is 7.11. The van der Waals surface area contributed by atoms with Crippen LogP contribution < -0.4 is 5.32 Å². The van der Waals surface area contributed by atoms with Crippen LogP contribution in [0.2, 0.25) is 5.02 Å². The zero-order valence-electron chi connectivity index (χ0n) is 8.00. The van der Waals surface area contributed by atoms with Gasteiger partial charge >= 0.3 is 0 Å². The van der Waals surface area contributed by atoms with Crippen molar-refractivity contribution in [3.05, 3.63) is 27.4 Å². The number of thiophene rings is 1. The topological polar surface area (TPSA) is 12.0 Å². The summed E-state index contributed by atoms with van der Waals surface area (Å²) < 4.78 is 0. The molecule has 3 heteroatoms. The summed E-state index contributed by atoms with van der Waals surface area (Å²) in [5, 5.41) is 6.27. The van der Waals surface area contributed by atoms with E-state index in [0.717, 1.165) is 24.0 Å². The van der Waals surface area contributed by atoms with E-state index in [4.69, 9.17) is 11.6 Å². The Bertz CT molecular complexity index is 313. The van der Waals surface area contributed by atoms with Gasteiger partial charge in [-0.1, -0.05) is 17.7 Å². The second-order valence-corrected chi connectivity index (χ2v) is 4.93. The number of halogens is 1. The third-order valence-electron chi connectivity index (χ3n) is 2.55. The maximum absolute atomic E-state index is 6.00. The summed E-state index contributed by atoms with van der Waals surface area (Å²) in [6.45, 7) is 2.29. The van der Waals surface area contributed by atoms with Gasteiger partial charge in [0.25, 0.3) is 0 Å². The zero-order valence-corrected chi connectivity index (χ0v) is 9.57. The molecule has 0 atom stereocenters. The average Bonchev–Trinajstić information content (AvgIpc) is 2.63. The van der Waals surface area contributed by atoms with Gasteiger partial charge < -0.3 is 5.32 Å². The number of hydrogen-bond donors (Lipinski definition) is 1. The standard InChI is InChI=1S/C11H14ClNS/c12-10-5-8-14-11(10)2-1-9-3-6-13-7-4-9/h1-2,5,8-9,13H,3-4,6-7H2/b2-1+. The molecule has 76 valence electrons. The Kier molecular flexibility index (Phi) is 3.62. The number of allylic oxidation sites excluding steroid dienone is 1. The van der Waals surface area contributed by atoms with E-state index in [9.17, 15) is 0 Å². The van der Waals surface area contributed by atoms with E-state index in [2.05, 4.69) is 17.5 Å². The Labute approximate surface area is 93.8 Å². The summed E-state index contributed by atoms with van der Waals surface area (Å²) in [4.78, 5) is 1.19. The lowest BCUT2D eigenvalue weighted by atomic mass is 9.98. The maximum Gasteiger partial charge on any atom is 0.0586 e. The summed E-state index contributed by atoms with van der Waals surface area (Å²) in [6.07, 6.45) is 6.97. The predicted molar refractivity (Wildman–Crippen MR) is 64.0 cm³/mol. The summed E-state index contributed by atoms with van der Waals surface area (Å²) >= 11 is 7.71. The Hall–Kier alpha value is -0.310. The average molecular weight is 228 g/mol. The summed E-state index contributed by atoms with van der Waals surface area (Å²) in [5.74, 6) is 0.731. The highest BCUT2D eigenvalue weighted by atomic mass is 35.5. The molecular weight excluding hydrogens is 214 g/mol. The molecule has 1 aliphatic heterocycles. The zero-order chi connectivity index (χ0) is 9.80. The van der Waals surface area contributed by atoms with Crippen LogP contribution in [0.3, 0.4) is 0 Å². The maximum atomic E-state index is 6.00. The molecule has 0 bridgehead atoms. The van der Waals surface area contributed by atoms with Gasteiger partial charge in [-0.3, -0.25) is 0 Å². The van der Waals surface area contributed by atoms with Gasteiger partial charge in [0.05, 0.1) is 5.02 Å². The van der Waals surface area contributed by atoms with Crippen LogP contribution in [-0.4, -0.2) is 13.1 Å². The number of nitrogens with one attached hydrogen (secondary N) is 1. The van der Waals surface area contributed by atoms with Crippen LogP contribution in [0.15, 0.2) is 17.5 Å². The molecule has 0 amide bonds. The van der Waals surface area contributed by atoms with Crippen molar-refractivity contribution in [2.45, 2.75) is 12.8 Å². The van der Waals surface area contributed by atoms with Crippen LogP contribution in [0.5, 0.6) is 0 Å². The van der Waals surface area contributed by atoms with E-state index in [1.807, 2.05) is 11.4 Å². The summed E-state index contributed by atoms with van der Waals surface area (Å²) in [6, 6.07) is 1.95. The van der Waals surface area contributed by atoms with Crippen LogP contribution >= 0.6 is 22.9 Å². The Morgan fingerprint density at radius 2 is 2.21 bits per heavy atom. The van der Waals surface area contributed by atoms with Crippen molar-refractivity contribution in [1.29, 1.82) is 0 Å². The van der Waals surface area contributed by atoms with E-state index in [1.165, 1.54) is 17.7 Å². The van der Waals surface area contributed by atoms with Crippen LogP contribution in [0.4, 0.5) is 0 Å². The second-order valence-electron chi connectivity index (χ2n) is 3.58. The molecule has 14 heavy (non-hydrogen) atoms. The first-order valence-corrected chi connectivity index (χ1v) is 6.24. The Morgan fingerprint density at radius 1 is 1.43 bits per heavy atom. The van der Waals surface area contributed by atoms with Crippen molar-refractivity contribution in [3.63, 3.8) is 0 Å².